The minimum absolute atomic E-state index is 0.104. The van der Waals surface area contributed by atoms with Crippen molar-refractivity contribution in [3.05, 3.63) is 29.8 Å². The van der Waals surface area contributed by atoms with Gasteiger partial charge in [0.1, 0.15) is 0 Å². The molecule has 1 aromatic rings. The molecule has 5 heteroatoms. The van der Waals surface area contributed by atoms with Gasteiger partial charge in [0.25, 0.3) is 0 Å². The van der Waals surface area contributed by atoms with E-state index < -0.39 is 10.0 Å². The Labute approximate surface area is 108 Å². The number of nitrogens with zero attached hydrogens (tertiary/aromatic N) is 1. The van der Waals surface area contributed by atoms with Gasteiger partial charge in [0.05, 0.1) is 11.5 Å². The van der Waals surface area contributed by atoms with E-state index in [-0.39, 0.29) is 12.6 Å². The maximum absolute atomic E-state index is 12.5. The van der Waals surface area contributed by atoms with E-state index in [2.05, 4.69) is 0 Å². The second-order valence-electron chi connectivity index (χ2n) is 4.60. The van der Waals surface area contributed by atoms with Gasteiger partial charge < -0.3 is 5.11 Å². The molecule has 1 atom stereocenters. The minimum Gasteiger partial charge on any atom is -0.395 e. The molecule has 0 aromatic heterocycles. The smallest absolute Gasteiger partial charge is 0.243 e. The minimum atomic E-state index is -3.46. The highest BCUT2D eigenvalue weighted by Crippen LogP contribution is 2.26. The number of aryl methyl sites for hydroxylation is 1. The maximum Gasteiger partial charge on any atom is 0.243 e. The normalized spacial score (nSPS) is 21.3. The quantitative estimate of drug-likeness (QED) is 0.898. The molecule has 0 radical (unpaired) electrons. The van der Waals surface area contributed by atoms with Gasteiger partial charge in [-0.15, -0.1) is 0 Å². The molecule has 1 aromatic carbocycles. The molecular formula is C13H19NO3S. The van der Waals surface area contributed by atoms with Crippen LogP contribution in [0.5, 0.6) is 0 Å². The van der Waals surface area contributed by atoms with E-state index in [9.17, 15) is 13.5 Å². The van der Waals surface area contributed by atoms with Gasteiger partial charge >= 0.3 is 0 Å². The van der Waals surface area contributed by atoms with Crippen molar-refractivity contribution in [3.8, 4) is 0 Å². The van der Waals surface area contributed by atoms with Crippen LogP contribution in [0.15, 0.2) is 29.2 Å². The molecule has 1 heterocycles. The van der Waals surface area contributed by atoms with Gasteiger partial charge in [-0.2, -0.15) is 4.31 Å². The fourth-order valence-corrected chi connectivity index (χ4v) is 4.13. The molecule has 0 amide bonds. The third-order valence-corrected chi connectivity index (χ3v) is 5.39. The van der Waals surface area contributed by atoms with E-state index in [1.807, 2.05) is 13.0 Å². The first-order valence-corrected chi connectivity index (χ1v) is 7.75. The zero-order valence-corrected chi connectivity index (χ0v) is 11.4. The summed E-state index contributed by atoms with van der Waals surface area (Å²) in [6.45, 7) is 2.40. The van der Waals surface area contributed by atoms with E-state index in [0.29, 0.717) is 11.4 Å². The second-order valence-corrected chi connectivity index (χ2v) is 6.49. The largest absolute Gasteiger partial charge is 0.395 e. The number of aliphatic hydroxyl groups excluding tert-OH is 1. The van der Waals surface area contributed by atoms with Gasteiger partial charge in [0, 0.05) is 12.6 Å². The molecule has 0 unspecified atom stereocenters. The monoisotopic (exact) mass is 269 g/mol. The van der Waals surface area contributed by atoms with Gasteiger partial charge in [0.15, 0.2) is 0 Å². The van der Waals surface area contributed by atoms with Crippen LogP contribution >= 0.6 is 0 Å². The standard InChI is InChI=1S/C13H19NO3S/c1-2-11-5-3-7-13(9-11)18(16,17)14-8-4-6-12(14)10-15/h3,5,7,9,12,15H,2,4,6,8,10H2,1H3/t12-/m1/s1. The first-order valence-electron chi connectivity index (χ1n) is 6.31. The van der Waals surface area contributed by atoms with Crippen molar-refractivity contribution in [1.82, 2.24) is 4.31 Å². The zero-order valence-electron chi connectivity index (χ0n) is 10.5. The molecule has 2 rings (SSSR count). The van der Waals surface area contributed by atoms with E-state index in [0.717, 1.165) is 24.8 Å². The average Bonchev–Trinajstić information content (AvgIpc) is 2.88. The lowest BCUT2D eigenvalue weighted by molar-refractivity contribution is 0.213. The molecule has 0 bridgehead atoms. The first kappa shape index (κ1) is 13.5. The van der Waals surface area contributed by atoms with Crippen LogP contribution in [0, 0.1) is 0 Å². The lowest BCUT2D eigenvalue weighted by atomic mass is 10.2. The summed E-state index contributed by atoms with van der Waals surface area (Å²) in [6, 6.07) is 6.78. The van der Waals surface area contributed by atoms with Crippen LogP contribution in [0.25, 0.3) is 0 Å². The van der Waals surface area contributed by atoms with Crippen LogP contribution in [-0.4, -0.2) is 37.0 Å². The van der Waals surface area contributed by atoms with E-state index >= 15 is 0 Å². The highest BCUT2D eigenvalue weighted by atomic mass is 32.2. The SMILES string of the molecule is CCc1cccc(S(=O)(=O)N2CCC[C@@H]2CO)c1. The summed E-state index contributed by atoms with van der Waals surface area (Å²) in [4.78, 5) is 0.335. The molecule has 1 N–H and O–H groups in total. The summed E-state index contributed by atoms with van der Waals surface area (Å²) in [5, 5.41) is 9.24. The van der Waals surface area contributed by atoms with Crippen LogP contribution in [-0.2, 0) is 16.4 Å². The molecule has 0 saturated carbocycles. The predicted molar refractivity (Wildman–Crippen MR) is 69.8 cm³/mol. The Bertz CT molecular complexity index is 513. The summed E-state index contributed by atoms with van der Waals surface area (Å²) in [5.74, 6) is 0. The highest BCUT2D eigenvalue weighted by molar-refractivity contribution is 7.89. The van der Waals surface area contributed by atoms with Crippen molar-refractivity contribution in [2.75, 3.05) is 13.2 Å². The molecule has 1 fully saturated rings. The van der Waals surface area contributed by atoms with Crippen molar-refractivity contribution < 1.29 is 13.5 Å². The topological polar surface area (TPSA) is 57.6 Å². The summed E-state index contributed by atoms with van der Waals surface area (Å²) < 4.78 is 26.4. The maximum atomic E-state index is 12.5. The number of sulfonamides is 1. The summed E-state index contributed by atoms with van der Waals surface area (Å²) >= 11 is 0. The Morgan fingerprint density at radius 1 is 1.44 bits per heavy atom. The van der Waals surface area contributed by atoms with Crippen molar-refractivity contribution in [3.63, 3.8) is 0 Å². The Morgan fingerprint density at radius 2 is 2.22 bits per heavy atom. The van der Waals surface area contributed by atoms with Gasteiger partial charge in [-0.05, 0) is 37.0 Å². The van der Waals surface area contributed by atoms with Gasteiger partial charge in [-0.1, -0.05) is 19.1 Å². The lowest BCUT2D eigenvalue weighted by Gasteiger charge is -2.22. The Balaban J connectivity index is 2.35. The second kappa shape index (κ2) is 5.38. The molecule has 0 spiro atoms. The molecule has 1 saturated heterocycles. The van der Waals surface area contributed by atoms with E-state index in [1.54, 1.807) is 18.2 Å². The van der Waals surface area contributed by atoms with Crippen LogP contribution in [0.4, 0.5) is 0 Å². The average molecular weight is 269 g/mol. The summed E-state index contributed by atoms with van der Waals surface area (Å²) in [7, 11) is -3.46. The van der Waals surface area contributed by atoms with Crippen LogP contribution in [0.1, 0.15) is 25.3 Å². The van der Waals surface area contributed by atoms with Crippen LogP contribution in [0.2, 0.25) is 0 Å². The highest BCUT2D eigenvalue weighted by Gasteiger charge is 2.34. The van der Waals surface area contributed by atoms with Crippen molar-refractivity contribution >= 4 is 10.0 Å². The van der Waals surface area contributed by atoms with Crippen LogP contribution < -0.4 is 0 Å². The first-order chi connectivity index (χ1) is 8.59. The molecule has 4 nitrogen and oxygen atoms in total. The number of aliphatic hydroxyl groups is 1. The van der Waals surface area contributed by atoms with Crippen molar-refractivity contribution in [2.45, 2.75) is 37.1 Å². The third-order valence-electron chi connectivity index (χ3n) is 3.45. The van der Waals surface area contributed by atoms with Gasteiger partial charge in [-0.25, -0.2) is 8.42 Å². The number of benzene rings is 1. The molecular weight excluding hydrogens is 250 g/mol. The molecule has 0 aliphatic carbocycles. The Hall–Kier alpha value is -0.910. The van der Waals surface area contributed by atoms with Gasteiger partial charge in [-0.3, -0.25) is 0 Å². The fraction of sp³-hybridized carbons (Fsp3) is 0.538. The zero-order chi connectivity index (χ0) is 13.2. The van der Waals surface area contributed by atoms with Crippen molar-refractivity contribution in [2.24, 2.45) is 0 Å². The summed E-state index contributed by atoms with van der Waals surface area (Å²) in [6.07, 6.45) is 2.37. The van der Waals surface area contributed by atoms with Crippen LogP contribution in [0.3, 0.4) is 0 Å². The molecule has 1 aliphatic rings. The van der Waals surface area contributed by atoms with E-state index in [1.165, 1.54) is 4.31 Å². The molecule has 18 heavy (non-hydrogen) atoms. The molecule has 1 aliphatic heterocycles. The summed E-state index contributed by atoms with van der Waals surface area (Å²) in [5.41, 5.74) is 1.01. The predicted octanol–water partition coefficient (Wildman–Crippen LogP) is 1.39. The Morgan fingerprint density at radius 3 is 2.89 bits per heavy atom. The Kier molecular flexibility index (Phi) is 4.04. The van der Waals surface area contributed by atoms with Crippen molar-refractivity contribution in [1.29, 1.82) is 0 Å². The number of hydrogen-bond donors (Lipinski definition) is 1. The lowest BCUT2D eigenvalue weighted by Crippen LogP contribution is -2.37. The third kappa shape index (κ3) is 2.43. The fourth-order valence-electron chi connectivity index (χ4n) is 2.37. The van der Waals surface area contributed by atoms with E-state index in [4.69, 9.17) is 0 Å². The number of rotatable bonds is 4. The number of hydrogen-bond acceptors (Lipinski definition) is 3. The molecule has 100 valence electrons. The van der Waals surface area contributed by atoms with Gasteiger partial charge in [0.2, 0.25) is 10.0 Å².